The zero-order valence-corrected chi connectivity index (χ0v) is 11.4. The summed E-state index contributed by atoms with van der Waals surface area (Å²) in [6.07, 6.45) is 9.72. The van der Waals surface area contributed by atoms with Crippen molar-refractivity contribution < 1.29 is 4.39 Å². The minimum absolute atomic E-state index is 0.191. The second-order valence-corrected chi connectivity index (χ2v) is 5.02. The van der Waals surface area contributed by atoms with Crippen LogP contribution in [0.5, 0.6) is 0 Å². The summed E-state index contributed by atoms with van der Waals surface area (Å²) in [5.41, 5.74) is 1.69. The molecule has 0 atom stereocenters. The second-order valence-electron chi connectivity index (χ2n) is 3.85. The first-order valence-electron chi connectivity index (χ1n) is 5.45. The van der Waals surface area contributed by atoms with Crippen molar-refractivity contribution in [2.45, 2.75) is 25.8 Å². The number of aromatic nitrogens is 2. The van der Waals surface area contributed by atoms with Gasteiger partial charge in [0.1, 0.15) is 5.82 Å². The van der Waals surface area contributed by atoms with Crippen molar-refractivity contribution in [1.82, 2.24) is 9.55 Å². The summed E-state index contributed by atoms with van der Waals surface area (Å²) in [7, 11) is 0. The van der Waals surface area contributed by atoms with Gasteiger partial charge in [-0.3, -0.25) is 0 Å². The van der Waals surface area contributed by atoms with Crippen LogP contribution in [0.2, 0.25) is 0 Å². The standard InChI is InChI=1S/C13H12FIN2/c1-2-3-4-5-6-17-9-16-12-8-11(15)10(14)7-13(12)17/h1,7-9H,3-6H2. The highest BCUT2D eigenvalue weighted by Crippen LogP contribution is 2.20. The van der Waals surface area contributed by atoms with Crippen LogP contribution in [0, 0.1) is 21.7 Å². The maximum atomic E-state index is 13.5. The van der Waals surface area contributed by atoms with E-state index >= 15 is 0 Å². The second kappa shape index (κ2) is 5.50. The van der Waals surface area contributed by atoms with Gasteiger partial charge in [-0.15, -0.1) is 12.3 Å². The molecular formula is C13H12FIN2. The first kappa shape index (κ1) is 12.4. The molecule has 4 heteroatoms. The van der Waals surface area contributed by atoms with Crippen molar-refractivity contribution in [3.05, 3.63) is 27.8 Å². The summed E-state index contributed by atoms with van der Waals surface area (Å²) >= 11 is 1.97. The van der Waals surface area contributed by atoms with Gasteiger partial charge in [0.25, 0.3) is 0 Å². The highest BCUT2D eigenvalue weighted by Gasteiger charge is 2.07. The van der Waals surface area contributed by atoms with E-state index in [2.05, 4.69) is 10.9 Å². The molecular weight excluding hydrogens is 330 g/mol. The molecule has 1 aromatic heterocycles. The Morgan fingerprint density at radius 1 is 1.41 bits per heavy atom. The highest BCUT2D eigenvalue weighted by atomic mass is 127. The molecule has 2 aromatic rings. The monoisotopic (exact) mass is 342 g/mol. The molecule has 0 unspecified atom stereocenters. The van der Waals surface area contributed by atoms with Crippen LogP contribution in [0.15, 0.2) is 18.5 Å². The molecule has 17 heavy (non-hydrogen) atoms. The van der Waals surface area contributed by atoms with Crippen molar-refractivity contribution in [2.24, 2.45) is 0 Å². The third-order valence-electron chi connectivity index (χ3n) is 2.63. The number of imidazole rings is 1. The van der Waals surface area contributed by atoms with Gasteiger partial charge in [-0.1, -0.05) is 0 Å². The first-order valence-corrected chi connectivity index (χ1v) is 6.53. The summed E-state index contributed by atoms with van der Waals surface area (Å²) in [5.74, 6) is 2.42. The molecule has 1 heterocycles. The fourth-order valence-electron chi connectivity index (χ4n) is 1.74. The number of rotatable bonds is 4. The Balaban J connectivity index is 2.18. The molecule has 0 bridgehead atoms. The average molecular weight is 342 g/mol. The normalized spacial score (nSPS) is 10.6. The summed E-state index contributed by atoms with van der Waals surface area (Å²) in [6.45, 7) is 0.832. The van der Waals surface area contributed by atoms with Crippen LogP contribution >= 0.6 is 22.6 Å². The molecule has 0 fully saturated rings. The lowest BCUT2D eigenvalue weighted by Crippen LogP contribution is -1.96. The molecule has 0 aliphatic rings. The minimum atomic E-state index is -0.191. The van der Waals surface area contributed by atoms with Gasteiger partial charge >= 0.3 is 0 Å². The van der Waals surface area contributed by atoms with Crippen molar-refractivity contribution in [3.8, 4) is 12.3 Å². The molecule has 0 aliphatic carbocycles. The summed E-state index contributed by atoms with van der Waals surface area (Å²) in [4.78, 5) is 4.27. The van der Waals surface area contributed by atoms with E-state index in [0.717, 1.165) is 36.8 Å². The summed E-state index contributed by atoms with van der Waals surface area (Å²) in [6, 6.07) is 3.31. The van der Waals surface area contributed by atoms with Gasteiger partial charge in [0.2, 0.25) is 0 Å². The molecule has 0 saturated heterocycles. The summed E-state index contributed by atoms with van der Waals surface area (Å²) in [5, 5.41) is 0. The molecule has 0 radical (unpaired) electrons. The van der Waals surface area contributed by atoms with Crippen LogP contribution in [0.25, 0.3) is 11.0 Å². The third kappa shape index (κ3) is 2.78. The maximum Gasteiger partial charge on any atom is 0.138 e. The van der Waals surface area contributed by atoms with Crippen LogP contribution in [-0.2, 0) is 6.54 Å². The van der Waals surface area contributed by atoms with Gasteiger partial charge in [0.15, 0.2) is 0 Å². The van der Waals surface area contributed by atoms with Gasteiger partial charge in [-0.2, -0.15) is 0 Å². The number of terminal acetylenes is 1. The van der Waals surface area contributed by atoms with Gasteiger partial charge in [-0.05, 0) is 41.5 Å². The Kier molecular flexibility index (Phi) is 4.00. The molecule has 0 N–H and O–H groups in total. The highest BCUT2D eigenvalue weighted by molar-refractivity contribution is 14.1. The van der Waals surface area contributed by atoms with Crippen LogP contribution < -0.4 is 0 Å². The lowest BCUT2D eigenvalue weighted by molar-refractivity contribution is 0.613. The zero-order chi connectivity index (χ0) is 12.3. The zero-order valence-electron chi connectivity index (χ0n) is 9.29. The topological polar surface area (TPSA) is 17.8 Å². The van der Waals surface area contributed by atoms with E-state index < -0.39 is 0 Å². The smallest absolute Gasteiger partial charge is 0.138 e. The molecule has 2 rings (SSSR count). The van der Waals surface area contributed by atoms with Crippen molar-refractivity contribution in [2.75, 3.05) is 0 Å². The van der Waals surface area contributed by atoms with Gasteiger partial charge < -0.3 is 4.57 Å². The molecule has 0 aliphatic heterocycles. The lowest BCUT2D eigenvalue weighted by atomic mass is 10.2. The Labute approximate surface area is 113 Å². The number of hydrogen-bond acceptors (Lipinski definition) is 1. The van der Waals surface area contributed by atoms with Gasteiger partial charge in [-0.25, -0.2) is 9.37 Å². The number of nitrogens with zero attached hydrogens (tertiary/aromatic N) is 2. The number of benzene rings is 1. The van der Waals surface area contributed by atoms with E-state index in [-0.39, 0.29) is 5.82 Å². The molecule has 0 spiro atoms. The van der Waals surface area contributed by atoms with E-state index in [0.29, 0.717) is 3.57 Å². The van der Waals surface area contributed by atoms with Crippen molar-refractivity contribution in [3.63, 3.8) is 0 Å². The maximum absolute atomic E-state index is 13.5. The van der Waals surface area contributed by atoms with Gasteiger partial charge in [0, 0.05) is 19.0 Å². The Morgan fingerprint density at radius 3 is 3.00 bits per heavy atom. The van der Waals surface area contributed by atoms with E-state index in [4.69, 9.17) is 6.42 Å². The van der Waals surface area contributed by atoms with E-state index in [1.54, 1.807) is 18.5 Å². The van der Waals surface area contributed by atoms with Crippen LogP contribution in [0.3, 0.4) is 0 Å². The fraction of sp³-hybridized carbons (Fsp3) is 0.308. The van der Waals surface area contributed by atoms with Crippen molar-refractivity contribution >= 4 is 33.6 Å². The Hall–Kier alpha value is -1.09. The largest absolute Gasteiger partial charge is 0.331 e. The van der Waals surface area contributed by atoms with Crippen LogP contribution in [0.4, 0.5) is 4.39 Å². The lowest BCUT2D eigenvalue weighted by Gasteiger charge is -2.03. The van der Waals surface area contributed by atoms with E-state index in [1.165, 1.54) is 0 Å². The molecule has 2 nitrogen and oxygen atoms in total. The number of halogens is 2. The molecule has 88 valence electrons. The summed E-state index contributed by atoms with van der Waals surface area (Å²) < 4.78 is 16.1. The third-order valence-corrected chi connectivity index (χ3v) is 3.46. The SMILES string of the molecule is C#CCCCCn1cnc2cc(I)c(F)cc21. The minimum Gasteiger partial charge on any atom is -0.331 e. The predicted molar refractivity (Wildman–Crippen MR) is 75.1 cm³/mol. The first-order chi connectivity index (χ1) is 8.22. The van der Waals surface area contributed by atoms with Gasteiger partial charge in [0.05, 0.1) is 20.9 Å². The molecule has 0 saturated carbocycles. The van der Waals surface area contributed by atoms with Crippen molar-refractivity contribution in [1.29, 1.82) is 0 Å². The molecule has 0 amide bonds. The Morgan fingerprint density at radius 2 is 2.24 bits per heavy atom. The number of fused-ring (bicyclic) bond motifs is 1. The number of unbranched alkanes of at least 4 members (excludes halogenated alkanes) is 2. The quantitative estimate of drug-likeness (QED) is 0.472. The molecule has 1 aromatic carbocycles. The fourth-order valence-corrected chi connectivity index (χ4v) is 2.19. The van der Waals surface area contributed by atoms with Crippen LogP contribution in [0.1, 0.15) is 19.3 Å². The average Bonchev–Trinajstić information content (AvgIpc) is 2.68. The van der Waals surface area contributed by atoms with Crippen LogP contribution in [-0.4, -0.2) is 9.55 Å². The van der Waals surface area contributed by atoms with E-state index in [1.807, 2.05) is 27.2 Å². The Bertz CT molecular complexity index is 569. The number of hydrogen-bond donors (Lipinski definition) is 0. The predicted octanol–water partition coefficient (Wildman–Crippen LogP) is 3.58. The number of aryl methyl sites for hydroxylation is 1. The van der Waals surface area contributed by atoms with E-state index in [9.17, 15) is 4.39 Å².